The molecule has 1 heterocycles. The minimum Gasteiger partial charge on any atom is -0.465 e. The first kappa shape index (κ1) is 19.4. The number of hydrogen-bond acceptors (Lipinski definition) is 4. The zero-order valence-electron chi connectivity index (χ0n) is 14.4. The molecule has 6 nitrogen and oxygen atoms in total. The summed E-state index contributed by atoms with van der Waals surface area (Å²) in [5.41, 5.74) is 1.69. The van der Waals surface area contributed by atoms with Crippen LogP contribution in [0.4, 0.5) is 5.69 Å². The van der Waals surface area contributed by atoms with E-state index in [4.69, 9.17) is 23.2 Å². The number of methoxy groups -OCH3 is 1. The fourth-order valence-electron chi connectivity index (χ4n) is 2.92. The van der Waals surface area contributed by atoms with Crippen molar-refractivity contribution in [1.29, 1.82) is 0 Å². The summed E-state index contributed by atoms with van der Waals surface area (Å²) in [6.07, 6.45) is 0.110. The van der Waals surface area contributed by atoms with Crippen LogP contribution in [0.3, 0.4) is 0 Å². The van der Waals surface area contributed by atoms with Gasteiger partial charge >= 0.3 is 5.97 Å². The van der Waals surface area contributed by atoms with Crippen molar-refractivity contribution in [2.75, 3.05) is 12.0 Å². The van der Waals surface area contributed by atoms with E-state index in [1.54, 1.807) is 24.3 Å². The van der Waals surface area contributed by atoms with E-state index in [0.717, 1.165) is 10.5 Å². The molecule has 2 N–H and O–H groups in total. The molecule has 8 heteroatoms. The summed E-state index contributed by atoms with van der Waals surface area (Å²) in [7, 11) is 1.29. The molecule has 1 aliphatic heterocycles. The standard InChI is InChI=1S/C19H16Cl2N2O4/c1-27-19(26)12-3-5-13(6-4-12)23-17(24)9-16(18(23)25)22-10-11-2-7-14(20)15(21)8-11/h2-8,16,22H,9-10H2,1H3/p+1/t16-/m1/s1. The number of rotatable bonds is 5. The van der Waals surface area contributed by atoms with Crippen LogP contribution < -0.4 is 10.2 Å². The summed E-state index contributed by atoms with van der Waals surface area (Å²) < 4.78 is 4.64. The quantitative estimate of drug-likeness (QED) is 0.608. The summed E-state index contributed by atoms with van der Waals surface area (Å²) in [5, 5.41) is 2.72. The van der Waals surface area contributed by atoms with Crippen molar-refractivity contribution in [2.24, 2.45) is 0 Å². The lowest BCUT2D eigenvalue weighted by Gasteiger charge is -2.14. The molecule has 2 aromatic rings. The summed E-state index contributed by atoms with van der Waals surface area (Å²) in [4.78, 5) is 37.7. The van der Waals surface area contributed by atoms with E-state index < -0.39 is 12.0 Å². The first-order valence-corrected chi connectivity index (χ1v) is 8.98. The molecule has 0 radical (unpaired) electrons. The fourth-order valence-corrected chi connectivity index (χ4v) is 3.24. The van der Waals surface area contributed by atoms with Gasteiger partial charge in [-0.3, -0.25) is 9.59 Å². The van der Waals surface area contributed by atoms with Gasteiger partial charge < -0.3 is 10.1 Å². The molecule has 0 saturated carbocycles. The number of nitrogens with two attached hydrogens (primary N) is 1. The molecule has 1 aliphatic rings. The molecule has 140 valence electrons. The van der Waals surface area contributed by atoms with Gasteiger partial charge in [0.1, 0.15) is 6.54 Å². The highest BCUT2D eigenvalue weighted by Gasteiger charge is 2.42. The molecule has 3 rings (SSSR count). The van der Waals surface area contributed by atoms with Crippen LogP contribution in [0.2, 0.25) is 10.0 Å². The van der Waals surface area contributed by atoms with Gasteiger partial charge in [0, 0.05) is 5.56 Å². The van der Waals surface area contributed by atoms with Crippen molar-refractivity contribution >= 4 is 46.7 Å². The third-order valence-electron chi connectivity index (χ3n) is 4.35. The van der Waals surface area contributed by atoms with Gasteiger partial charge in [0.2, 0.25) is 5.91 Å². The number of halogens is 2. The van der Waals surface area contributed by atoms with Crippen molar-refractivity contribution in [3.8, 4) is 0 Å². The van der Waals surface area contributed by atoms with Crippen LogP contribution in [0, 0.1) is 0 Å². The minimum absolute atomic E-state index is 0.110. The smallest absolute Gasteiger partial charge is 0.337 e. The molecule has 1 atom stereocenters. The van der Waals surface area contributed by atoms with E-state index in [0.29, 0.717) is 27.8 Å². The van der Waals surface area contributed by atoms with Gasteiger partial charge in [-0.2, -0.15) is 0 Å². The zero-order chi connectivity index (χ0) is 19.6. The predicted octanol–water partition coefficient (Wildman–Crippen LogP) is 2.18. The zero-order valence-corrected chi connectivity index (χ0v) is 16.0. The lowest BCUT2D eigenvalue weighted by molar-refractivity contribution is -0.690. The first-order valence-electron chi connectivity index (χ1n) is 8.23. The van der Waals surface area contributed by atoms with Crippen molar-refractivity contribution in [2.45, 2.75) is 19.0 Å². The lowest BCUT2D eigenvalue weighted by Crippen LogP contribution is -2.90. The largest absolute Gasteiger partial charge is 0.465 e. The summed E-state index contributed by atoms with van der Waals surface area (Å²) >= 11 is 11.9. The number of carbonyl (C=O) groups excluding carboxylic acids is 3. The number of nitrogens with zero attached hydrogens (tertiary/aromatic N) is 1. The molecule has 0 aromatic heterocycles. The monoisotopic (exact) mass is 407 g/mol. The summed E-state index contributed by atoms with van der Waals surface area (Å²) in [6.45, 7) is 0.496. The number of carbonyl (C=O) groups is 3. The average Bonchev–Trinajstić information content (AvgIpc) is 2.95. The van der Waals surface area contributed by atoms with E-state index in [9.17, 15) is 14.4 Å². The summed E-state index contributed by atoms with van der Waals surface area (Å²) in [6, 6.07) is 10.9. The molecular weight excluding hydrogens is 391 g/mol. The second-order valence-electron chi connectivity index (χ2n) is 6.10. The van der Waals surface area contributed by atoms with Crippen LogP contribution in [0.1, 0.15) is 22.3 Å². The van der Waals surface area contributed by atoms with Crippen molar-refractivity contribution in [1.82, 2.24) is 0 Å². The van der Waals surface area contributed by atoms with Crippen LogP contribution >= 0.6 is 23.2 Å². The van der Waals surface area contributed by atoms with Crippen LogP contribution in [0.15, 0.2) is 42.5 Å². The molecule has 0 bridgehead atoms. The van der Waals surface area contributed by atoms with Crippen molar-refractivity contribution in [3.05, 3.63) is 63.6 Å². The Morgan fingerprint density at radius 1 is 1.15 bits per heavy atom. The number of ether oxygens (including phenoxy) is 1. The van der Waals surface area contributed by atoms with Gasteiger partial charge in [-0.1, -0.05) is 29.3 Å². The Hall–Kier alpha value is -2.41. The van der Waals surface area contributed by atoms with Crippen LogP contribution in [0.25, 0.3) is 0 Å². The minimum atomic E-state index is -0.507. The van der Waals surface area contributed by atoms with Crippen molar-refractivity contribution < 1.29 is 24.4 Å². The predicted molar refractivity (Wildman–Crippen MR) is 101 cm³/mol. The molecule has 2 amide bonds. The van der Waals surface area contributed by atoms with E-state index in [2.05, 4.69) is 4.74 Å². The Bertz CT molecular complexity index is 899. The molecule has 1 fully saturated rings. The molecule has 1 saturated heterocycles. The Morgan fingerprint density at radius 3 is 2.48 bits per heavy atom. The number of anilines is 1. The van der Waals surface area contributed by atoms with E-state index >= 15 is 0 Å². The molecule has 27 heavy (non-hydrogen) atoms. The number of hydrogen-bond donors (Lipinski definition) is 1. The number of imide groups is 1. The van der Waals surface area contributed by atoms with E-state index in [1.807, 2.05) is 11.4 Å². The number of amides is 2. The average molecular weight is 408 g/mol. The van der Waals surface area contributed by atoms with E-state index in [-0.39, 0.29) is 18.2 Å². The van der Waals surface area contributed by atoms with Gasteiger partial charge in [0.15, 0.2) is 6.04 Å². The second-order valence-corrected chi connectivity index (χ2v) is 6.92. The number of benzene rings is 2. The first-order chi connectivity index (χ1) is 12.9. The van der Waals surface area contributed by atoms with E-state index in [1.165, 1.54) is 19.2 Å². The molecule has 0 unspecified atom stereocenters. The van der Waals surface area contributed by atoms with Gasteiger partial charge in [-0.15, -0.1) is 0 Å². The SMILES string of the molecule is COC(=O)c1ccc(N2C(=O)C[C@@H]([NH2+]Cc3ccc(Cl)c(Cl)c3)C2=O)cc1. The summed E-state index contributed by atoms with van der Waals surface area (Å²) in [5.74, 6) is -1.04. The topological polar surface area (TPSA) is 80.3 Å². The van der Waals surface area contributed by atoms with Crippen LogP contribution in [-0.4, -0.2) is 30.9 Å². The van der Waals surface area contributed by atoms with Gasteiger partial charge in [-0.05, 0) is 36.4 Å². The maximum Gasteiger partial charge on any atom is 0.337 e. The highest BCUT2D eigenvalue weighted by atomic mass is 35.5. The molecular formula is C19H17Cl2N2O4+. The van der Waals surface area contributed by atoms with Crippen LogP contribution in [0.5, 0.6) is 0 Å². The van der Waals surface area contributed by atoms with Gasteiger partial charge in [-0.25, -0.2) is 9.69 Å². The normalized spacial score (nSPS) is 16.7. The molecule has 2 aromatic carbocycles. The maximum atomic E-state index is 12.7. The van der Waals surface area contributed by atoms with Gasteiger partial charge in [0.25, 0.3) is 5.91 Å². The highest BCUT2D eigenvalue weighted by molar-refractivity contribution is 6.42. The maximum absolute atomic E-state index is 12.7. The Labute approximate surface area is 166 Å². The Balaban J connectivity index is 1.69. The molecule has 0 spiro atoms. The lowest BCUT2D eigenvalue weighted by atomic mass is 10.2. The number of esters is 1. The van der Waals surface area contributed by atoms with Gasteiger partial charge in [0.05, 0.1) is 34.8 Å². The number of quaternary nitrogens is 1. The molecule has 0 aliphatic carbocycles. The second kappa shape index (κ2) is 8.08. The third-order valence-corrected chi connectivity index (χ3v) is 5.09. The Kier molecular flexibility index (Phi) is 5.79. The van der Waals surface area contributed by atoms with Crippen LogP contribution in [-0.2, 0) is 20.9 Å². The Morgan fingerprint density at radius 2 is 1.85 bits per heavy atom. The highest BCUT2D eigenvalue weighted by Crippen LogP contribution is 2.24. The third kappa shape index (κ3) is 4.13. The fraction of sp³-hybridized carbons (Fsp3) is 0.211. The van der Waals surface area contributed by atoms with Crippen molar-refractivity contribution in [3.63, 3.8) is 0 Å².